The molecule has 0 bridgehead atoms. The van der Waals surface area contributed by atoms with Gasteiger partial charge in [-0.1, -0.05) is 60.2 Å². The molecule has 0 saturated carbocycles. The molecule has 48 heavy (non-hydrogen) atoms. The zero-order valence-electron chi connectivity index (χ0n) is 28.0. The minimum absolute atomic E-state index is 0.136. The molecule has 4 rings (SSSR count). The Hall–Kier alpha value is -5.64. The maximum Gasteiger partial charge on any atom is 0.413 e. The van der Waals surface area contributed by atoms with Gasteiger partial charge in [0.1, 0.15) is 11.4 Å². The zero-order chi connectivity index (χ0) is 35.0. The number of amides is 3. The topological polar surface area (TPSA) is 125 Å². The van der Waals surface area contributed by atoms with Gasteiger partial charge in [0.25, 0.3) is 11.8 Å². The van der Waals surface area contributed by atoms with Crippen LogP contribution in [-0.4, -0.2) is 59.3 Å². The molecule has 0 spiro atoms. The molecule has 10 heteroatoms. The highest BCUT2D eigenvalue weighted by Crippen LogP contribution is 2.31. The molecule has 0 fully saturated rings. The monoisotopic (exact) mass is 651 g/mol. The third-order valence-electron chi connectivity index (χ3n) is 7.39. The van der Waals surface area contributed by atoms with Gasteiger partial charge in [-0.05, 0) is 88.2 Å². The molecule has 3 amide bonds. The van der Waals surface area contributed by atoms with Gasteiger partial charge in [0, 0.05) is 30.4 Å². The lowest BCUT2D eigenvalue weighted by Gasteiger charge is -2.32. The van der Waals surface area contributed by atoms with Gasteiger partial charge >= 0.3 is 12.1 Å². The molecule has 1 unspecified atom stereocenters. The van der Waals surface area contributed by atoms with E-state index in [1.165, 1.54) is 9.80 Å². The predicted octanol–water partition coefficient (Wildman–Crippen LogP) is 7.63. The Bertz CT molecular complexity index is 1760. The second kappa shape index (κ2) is 15.3. The summed E-state index contributed by atoms with van der Waals surface area (Å²) in [6, 6.07) is 28.8. The Morgan fingerprint density at radius 2 is 1.48 bits per heavy atom. The van der Waals surface area contributed by atoms with Gasteiger partial charge in [-0.2, -0.15) is 0 Å². The number of ether oxygens (including phenoxy) is 2. The van der Waals surface area contributed by atoms with Crippen LogP contribution < -0.4 is 15.0 Å². The molecule has 0 aliphatic heterocycles. The van der Waals surface area contributed by atoms with E-state index >= 15 is 0 Å². The van der Waals surface area contributed by atoms with E-state index in [9.17, 15) is 24.3 Å². The van der Waals surface area contributed by atoms with Gasteiger partial charge in [-0.25, -0.2) is 4.79 Å². The second-order valence-corrected chi connectivity index (χ2v) is 12.3. The lowest BCUT2D eigenvalue weighted by atomic mass is 9.98. The number of carbonyl (C=O) groups excluding carboxylic acids is 3. The number of carboxylic acids is 1. The van der Waals surface area contributed by atoms with Crippen molar-refractivity contribution in [1.82, 2.24) is 4.90 Å². The molecular weight excluding hydrogens is 610 g/mol. The highest BCUT2D eigenvalue weighted by molar-refractivity contribution is 6.09. The van der Waals surface area contributed by atoms with Crippen LogP contribution in [-0.2, 0) is 9.53 Å². The molecule has 4 aromatic rings. The van der Waals surface area contributed by atoms with E-state index in [1.807, 2.05) is 49.4 Å². The lowest BCUT2D eigenvalue weighted by molar-refractivity contribution is -0.137. The van der Waals surface area contributed by atoms with E-state index in [2.05, 4.69) is 5.32 Å². The molecule has 4 aromatic carbocycles. The van der Waals surface area contributed by atoms with Crippen molar-refractivity contribution in [3.8, 4) is 16.9 Å². The van der Waals surface area contributed by atoms with Crippen LogP contribution in [0.25, 0.3) is 11.1 Å². The zero-order valence-corrected chi connectivity index (χ0v) is 28.0. The van der Waals surface area contributed by atoms with Crippen molar-refractivity contribution in [2.45, 2.75) is 52.9 Å². The molecule has 0 saturated heterocycles. The van der Waals surface area contributed by atoms with Crippen LogP contribution in [0.2, 0.25) is 0 Å². The maximum atomic E-state index is 13.6. The summed E-state index contributed by atoms with van der Waals surface area (Å²) in [4.78, 5) is 53.7. The molecule has 0 aliphatic rings. The normalized spacial score (nSPS) is 11.6. The number of aryl methyl sites for hydroxylation is 1. The van der Waals surface area contributed by atoms with E-state index < -0.39 is 23.9 Å². The van der Waals surface area contributed by atoms with Crippen molar-refractivity contribution in [2.75, 3.05) is 23.8 Å². The van der Waals surface area contributed by atoms with Crippen LogP contribution in [0.3, 0.4) is 0 Å². The van der Waals surface area contributed by atoms with Crippen molar-refractivity contribution in [3.63, 3.8) is 0 Å². The van der Waals surface area contributed by atoms with Crippen LogP contribution in [0.15, 0.2) is 97.1 Å². The van der Waals surface area contributed by atoms with E-state index in [0.29, 0.717) is 28.3 Å². The number of rotatable bonds is 11. The quantitative estimate of drug-likeness (QED) is 0.160. The summed E-state index contributed by atoms with van der Waals surface area (Å²) in [7, 11) is 1.60. The first-order valence-electron chi connectivity index (χ1n) is 15.6. The fraction of sp³-hybridized carbons (Fsp3) is 0.263. The average Bonchev–Trinajstić information content (AvgIpc) is 3.04. The second-order valence-electron chi connectivity index (χ2n) is 12.3. The average molecular weight is 652 g/mol. The van der Waals surface area contributed by atoms with Crippen molar-refractivity contribution in [3.05, 3.63) is 114 Å². The largest absolute Gasteiger partial charge is 0.481 e. The summed E-state index contributed by atoms with van der Waals surface area (Å²) in [5.41, 5.74) is 3.94. The summed E-state index contributed by atoms with van der Waals surface area (Å²) in [6.07, 6.45) is -1.94. The van der Waals surface area contributed by atoms with Crippen molar-refractivity contribution >= 4 is 35.3 Å². The Balaban J connectivity index is 1.48. The van der Waals surface area contributed by atoms with Crippen molar-refractivity contribution < 1.29 is 33.8 Å². The van der Waals surface area contributed by atoms with Crippen LogP contribution >= 0.6 is 0 Å². The number of aliphatic carboxylic acids is 1. The molecule has 0 heterocycles. The number of nitrogens with zero attached hydrogens (tertiary/aromatic N) is 2. The molecule has 0 aliphatic carbocycles. The summed E-state index contributed by atoms with van der Waals surface area (Å²) in [6.45, 7) is 8.63. The highest BCUT2D eigenvalue weighted by atomic mass is 16.6. The Morgan fingerprint density at radius 3 is 2.12 bits per heavy atom. The molecule has 2 N–H and O–H groups in total. The number of carbonyl (C=O) groups is 4. The predicted molar refractivity (Wildman–Crippen MR) is 185 cm³/mol. The van der Waals surface area contributed by atoms with Crippen LogP contribution in [0, 0.1) is 6.92 Å². The summed E-state index contributed by atoms with van der Waals surface area (Å²) >= 11 is 0. The number of hydrogen-bond acceptors (Lipinski definition) is 6. The Kier molecular flexibility index (Phi) is 11.2. The van der Waals surface area contributed by atoms with Gasteiger partial charge in [-0.3, -0.25) is 19.3 Å². The molecular formula is C38H41N3O7. The van der Waals surface area contributed by atoms with Gasteiger partial charge in [0.2, 0.25) is 0 Å². The number of carboxylic acid groups (broad SMARTS) is 1. The third-order valence-corrected chi connectivity index (χ3v) is 7.39. The number of para-hydroxylation sites is 2. The fourth-order valence-electron chi connectivity index (χ4n) is 4.90. The van der Waals surface area contributed by atoms with Gasteiger partial charge in [0.15, 0.2) is 6.23 Å². The first-order chi connectivity index (χ1) is 22.7. The summed E-state index contributed by atoms with van der Waals surface area (Å²) in [5.74, 6) is -1.37. The Labute approximate surface area is 280 Å². The molecule has 10 nitrogen and oxygen atoms in total. The standard InChI is InChI=1S/C38H41N3O7/c1-25-15-17-27(18-16-25)30-11-7-8-12-31(30)35(44)39-29-21-19-28(20-22-29)36(45)40(6)32-13-9-10-14-33(32)47-26(2)41(24-23-34(42)43)37(46)48-38(3,4)5/h7-22,26H,23-24H2,1-6H3,(H,39,44)(H,42,43). The van der Waals surface area contributed by atoms with E-state index in [0.717, 1.165) is 16.7 Å². The van der Waals surface area contributed by atoms with E-state index in [4.69, 9.17) is 9.47 Å². The molecule has 0 radical (unpaired) electrons. The van der Waals surface area contributed by atoms with Crippen LogP contribution in [0.4, 0.5) is 16.2 Å². The van der Waals surface area contributed by atoms with Gasteiger partial charge in [-0.15, -0.1) is 0 Å². The highest BCUT2D eigenvalue weighted by Gasteiger charge is 2.29. The first-order valence-corrected chi connectivity index (χ1v) is 15.6. The Morgan fingerprint density at radius 1 is 0.854 bits per heavy atom. The molecule has 1 atom stereocenters. The summed E-state index contributed by atoms with van der Waals surface area (Å²) < 4.78 is 11.6. The minimum atomic E-state index is -1.07. The van der Waals surface area contributed by atoms with Crippen LogP contribution in [0.5, 0.6) is 5.75 Å². The fourth-order valence-corrected chi connectivity index (χ4v) is 4.90. The van der Waals surface area contributed by atoms with E-state index in [1.54, 1.807) is 89.3 Å². The van der Waals surface area contributed by atoms with E-state index in [-0.39, 0.29) is 24.8 Å². The SMILES string of the molecule is Cc1ccc(-c2ccccc2C(=O)Nc2ccc(C(=O)N(C)c3ccccc3OC(C)N(CCC(=O)O)C(=O)OC(C)(C)C)cc2)cc1. The lowest BCUT2D eigenvalue weighted by Crippen LogP contribution is -2.45. The third kappa shape index (κ3) is 9.22. The van der Waals surface area contributed by atoms with Gasteiger partial charge < -0.3 is 24.8 Å². The number of benzene rings is 4. The molecule has 0 aromatic heterocycles. The van der Waals surface area contributed by atoms with Crippen molar-refractivity contribution in [2.24, 2.45) is 0 Å². The maximum absolute atomic E-state index is 13.6. The molecule has 250 valence electrons. The van der Waals surface area contributed by atoms with Crippen LogP contribution in [0.1, 0.15) is 60.4 Å². The summed E-state index contributed by atoms with van der Waals surface area (Å²) in [5, 5.41) is 12.1. The smallest absolute Gasteiger partial charge is 0.413 e. The number of nitrogens with one attached hydrogen (secondary N) is 1. The van der Waals surface area contributed by atoms with Gasteiger partial charge in [0.05, 0.1) is 12.1 Å². The van der Waals surface area contributed by atoms with Crippen molar-refractivity contribution in [1.29, 1.82) is 0 Å². The number of hydrogen-bond donors (Lipinski definition) is 2. The number of anilines is 2. The minimum Gasteiger partial charge on any atom is -0.481 e. The first kappa shape index (κ1) is 35.2.